The van der Waals surface area contributed by atoms with E-state index in [1.165, 1.54) is 0 Å². The molecule has 0 amide bonds. The number of ketones is 3. The number of fused-ring (bicyclic) bond motifs is 5. The van der Waals surface area contributed by atoms with Gasteiger partial charge in [0.2, 0.25) is 5.78 Å². The maximum Gasteiger partial charge on any atom is 0.509 e. The number of ether oxygens (including phenoxy) is 3. The van der Waals surface area contributed by atoms with Crippen molar-refractivity contribution < 1.29 is 38.2 Å². The van der Waals surface area contributed by atoms with E-state index in [4.69, 9.17) is 14.2 Å². The first-order chi connectivity index (χ1) is 18.0. The summed E-state index contributed by atoms with van der Waals surface area (Å²) in [6.07, 6.45) is 6.70. The zero-order valence-corrected chi connectivity index (χ0v) is 23.3. The summed E-state index contributed by atoms with van der Waals surface area (Å²) in [4.78, 5) is 64.9. The molecule has 4 aliphatic rings. The molecule has 4 rings (SSSR count). The molecule has 0 unspecified atom stereocenters. The van der Waals surface area contributed by atoms with Gasteiger partial charge in [0.25, 0.3) is 0 Å². The van der Waals surface area contributed by atoms with Gasteiger partial charge in [-0.25, -0.2) is 4.79 Å². The van der Waals surface area contributed by atoms with E-state index in [0.717, 1.165) is 24.8 Å². The second-order valence-electron chi connectivity index (χ2n) is 12.2. The third-order valence-corrected chi connectivity index (χ3v) is 10.0. The molecule has 8 heteroatoms. The molecule has 0 saturated heterocycles. The van der Waals surface area contributed by atoms with Crippen LogP contribution in [0.15, 0.2) is 11.6 Å². The van der Waals surface area contributed by atoms with Gasteiger partial charge in [0, 0.05) is 30.6 Å². The summed E-state index contributed by atoms with van der Waals surface area (Å²) in [5.41, 5.74) is -1.83. The van der Waals surface area contributed by atoms with Crippen LogP contribution in [-0.2, 0) is 33.4 Å². The summed E-state index contributed by atoms with van der Waals surface area (Å²) in [5.74, 6) is -0.998. The standard InChI is InChI=1S/C30H42O8/c1-5-7-8-25(34)37-18-24(33)30(38-27(35)36-15-6-2)14-12-22-21-10-9-19-16-20(31)11-13-28(19,3)26(21)23(32)17-29(22,30)4/h16,21-22,26H,5-15,17-18H2,1-4H3/t21-,22-,26+,28-,29-,30-/m0/s1. The Morgan fingerprint density at radius 1 is 1.00 bits per heavy atom. The van der Waals surface area contributed by atoms with E-state index in [0.29, 0.717) is 32.1 Å². The van der Waals surface area contributed by atoms with Crippen molar-refractivity contribution in [3.05, 3.63) is 11.6 Å². The number of carbonyl (C=O) groups excluding carboxylic acids is 5. The van der Waals surface area contributed by atoms with E-state index in [1.807, 2.05) is 20.8 Å². The van der Waals surface area contributed by atoms with Crippen LogP contribution >= 0.6 is 0 Å². The topological polar surface area (TPSA) is 113 Å². The van der Waals surface area contributed by atoms with Gasteiger partial charge < -0.3 is 14.2 Å². The zero-order chi connectivity index (χ0) is 27.7. The number of hydrogen-bond donors (Lipinski definition) is 0. The highest BCUT2D eigenvalue weighted by atomic mass is 16.7. The first kappa shape index (κ1) is 28.5. The fourth-order valence-electron chi connectivity index (χ4n) is 8.07. The maximum atomic E-state index is 14.0. The second-order valence-corrected chi connectivity index (χ2v) is 12.2. The normalized spacial score (nSPS) is 35.9. The molecule has 0 heterocycles. The predicted octanol–water partition coefficient (Wildman–Crippen LogP) is 5.30. The van der Waals surface area contributed by atoms with Crippen LogP contribution in [0.4, 0.5) is 4.79 Å². The van der Waals surface area contributed by atoms with Crippen LogP contribution in [0.25, 0.3) is 0 Å². The minimum absolute atomic E-state index is 0.0219. The van der Waals surface area contributed by atoms with E-state index in [9.17, 15) is 24.0 Å². The Kier molecular flexibility index (Phi) is 8.20. The molecular formula is C30H42O8. The highest BCUT2D eigenvalue weighted by Crippen LogP contribution is 2.67. The van der Waals surface area contributed by atoms with Crippen molar-refractivity contribution >= 4 is 29.5 Å². The van der Waals surface area contributed by atoms with Crippen molar-refractivity contribution in [2.75, 3.05) is 13.2 Å². The van der Waals surface area contributed by atoms with Crippen LogP contribution < -0.4 is 0 Å². The summed E-state index contributed by atoms with van der Waals surface area (Å²) in [6.45, 7) is 7.49. The Morgan fingerprint density at radius 3 is 2.47 bits per heavy atom. The second kappa shape index (κ2) is 10.9. The fraction of sp³-hybridized carbons (Fsp3) is 0.767. The zero-order valence-electron chi connectivity index (χ0n) is 23.3. The van der Waals surface area contributed by atoms with Crippen LogP contribution in [0, 0.1) is 28.6 Å². The van der Waals surface area contributed by atoms with Gasteiger partial charge in [-0.3, -0.25) is 19.2 Å². The summed E-state index contributed by atoms with van der Waals surface area (Å²) in [7, 11) is 0. The molecule has 8 nitrogen and oxygen atoms in total. The van der Waals surface area contributed by atoms with Crippen molar-refractivity contribution in [3.63, 3.8) is 0 Å². The molecule has 210 valence electrons. The molecule has 4 aliphatic carbocycles. The van der Waals surface area contributed by atoms with Crippen molar-refractivity contribution in [2.24, 2.45) is 28.6 Å². The molecule has 0 spiro atoms. The summed E-state index contributed by atoms with van der Waals surface area (Å²) >= 11 is 0. The lowest BCUT2D eigenvalue weighted by Crippen LogP contribution is -2.62. The first-order valence-electron chi connectivity index (χ1n) is 14.3. The van der Waals surface area contributed by atoms with Crippen LogP contribution in [-0.4, -0.2) is 48.3 Å². The molecule has 3 fully saturated rings. The van der Waals surface area contributed by atoms with Crippen molar-refractivity contribution in [2.45, 2.75) is 104 Å². The molecule has 0 aliphatic heterocycles. The Morgan fingerprint density at radius 2 is 1.76 bits per heavy atom. The smallest absolute Gasteiger partial charge is 0.457 e. The molecule has 6 atom stereocenters. The molecule has 3 saturated carbocycles. The lowest BCUT2D eigenvalue weighted by Gasteiger charge is -2.57. The first-order valence-corrected chi connectivity index (χ1v) is 14.3. The van der Waals surface area contributed by atoms with E-state index in [-0.39, 0.29) is 60.6 Å². The number of hydrogen-bond acceptors (Lipinski definition) is 8. The predicted molar refractivity (Wildman–Crippen MR) is 138 cm³/mol. The van der Waals surface area contributed by atoms with Gasteiger partial charge in [0.1, 0.15) is 5.78 Å². The molecule has 0 aromatic rings. The number of rotatable bonds is 9. The van der Waals surface area contributed by atoms with Gasteiger partial charge in [-0.15, -0.1) is 0 Å². The van der Waals surface area contributed by atoms with E-state index < -0.39 is 35.5 Å². The molecule has 38 heavy (non-hydrogen) atoms. The summed E-state index contributed by atoms with van der Waals surface area (Å²) in [6, 6.07) is 0. The molecule has 0 aromatic heterocycles. The van der Waals surface area contributed by atoms with Crippen molar-refractivity contribution in [1.82, 2.24) is 0 Å². The molecule has 0 N–H and O–H groups in total. The highest BCUT2D eigenvalue weighted by Gasteiger charge is 2.71. The van der Waals surface area contributed by atoms with Gasteiger partial charge >= 0.3 is 12.1 Å². The SMILES string of the molecule is CCCCC(=O)OCC(=O)[C@@]1(OC(=O)OCCC)CC[C@H]2[C@@H]3CCC4=CC(=O)CC[C@]4(C)[C@H]3C(=O)C[C@@]21C. The third-order valence-electron chi connectivity index (χ3n) is 10.0. The van der Waals surface area contributed by atoms with Crippen LogP contribution in [0.2, 0.25) is 0 Å². The lowest BCUT2D eigenvalue weighted by molar-refractivity contribution is -0.177. The molecule has 0 bridgehead atoms. The minimum atomic E-state index is -1.60. The van der Waals surface area contributed by atoms with Crippen molar-refractivity contribution in [3.8, 4) is 0 Å². The number of unbranched alkanes of at least 4 members (excludes halogenated alkanes) is 1. The van der Waals surface area contributed by atoms with E-state index in [2.05, 4.69) is 6.92 Å². The average molecular weight is 531 g/mol. The highest BCUT2D eigenvalue weighted by molar-refractivity contribution is 5.96. The van der Waals surface area contributed by atoms with Gasteiger partial charge in [0.15, 0.2) is 18.0 Å². The van der Waals surface area contributed by atoms with Crippen LogP contribution in [0.3, 0.4) is 0 Å². The minimum Gasteiger partial charge on any atom is -0.457 e. The van der Waals surface area contributed by atoms with Gasteiger partial charge in [-0.05, 0) is 68.3 Å². The summed E-state index contributed by atoms with van der Waals surface area (Å²) < 4.78 is 16.4. The largest absolute Gasteiger partial charge is 0.509 e. The number of carbonyl (C=O) groups is 5. The average Bonchev–Trinajstić information content (AvgIpc) is 3.17. The Bertz CT molecular complexity index is 1030. The van der Waals surface area contributed by atoms with Crippen molar-refractivity contribution in [1.29, 1.82) is 0 Å². The number of allylic oxidation sites excluding steroid dienone is 1. The fourth-order valence-corrected chi connectivity index (χ4v) is 8.07. The Hall–Kier alpha value is -2.51. The monoisotopic (exact) mass is 530 g/mol. The molecule has 0 aromatic carbocycles. The summed E-state index contributed by atoms with van der Waals surface area (Å²) in [5, 5.41) is 0. The van der Waals surface area contributed by atoms with Gasteiger partial charge in [-0.1, -0.05) is 39.7 Å². The maximum absolute atomic E-state index is 14.0. The third kappa shape index (κ3) is 4.73. The van der Waals surface area contributed by atoms with Gasteiger partial charge in [-0.2, -0.15) is 0 Å². The Balaban J connectivity index is 1.65. The van der Waals surface area contributed by atoms with Gasteiger partial charge in [0.05, 0.1) is 6.61 Å². The molecular weight excluding hydrogens is 488 g/mol. The molecule has 0 radical (unpaired) electrons. The lowest BCUT2D eigenvalue weighted by atomic mass is 9.46. The van der Waals surface area contributed by atoms with E-state index >= 15 is 0 Å². The van der Waals surface area contributed by atoms with E-state index in [1.54, 1.807) is 6.08 Å². The quantitative estimate of drug-likeness (QED) is 0.369. The van der Waals surface area contributed by atoms with Crippen LogP contribution in [0.5, 0.6) is 0 Å². The number of Topliss-reactive ketones (excluding diaryl/α,β-unsaturated/α-hetero) is 2. The van der Waals surface area contributed by atoms with Crippen LogP contribution in [0.1, 0.15) is 98.3 Å². The number of esters is 1. The Labute approximate surface area is 225 Å².